The van der Waals surface area contributed by atoms with E-state index in [-0.39, 0.29) is 30.4 Å². The van der Waals surface area contributed by atoms with Gasteiger partial charge in [0.2, 0.25) is 0 Å². The first-order chi connectivity index (χ1) is 16.2. The number of rotatable bonds is 6. The highest BCUT2D eigenvalue weighted by atomic mass is 16.7. The number of hydroxylamine groups is 1. The number of para-hydroxylation sites is 1. The number of fused-ring (bicyclic) bond motifs is 1. The van der Waals surface area contributed by atoms with E-state index in [1.165, 1.54) is 17.7 Å². The molecule has 1 saturated carbocycles. The fourth-order valence-electron chi connectivity index (χ4n) is 4.71. The molecule has 1 saturated heterocycles. The summed E-state index contributed by atoms with van der Waals surface area (Å²) in [7, 11) is 0. The van der Waals surface area contributed by atoms with Crippen molar-refractivity contribution >= 4 is 17.1 Å². The molecule has 3 atom stereocenters. The summed E-state index contributed by atoms with van der Waals surface area (Å²) >= 11 is 0. The average molecular weight is 444 g/mol. The summed E-state index contributed by atoms with van der Waals surface area (Å²) in [4.78, 5) is 22.7. The van der Waals surface area contributed by atoms with E-state index in [0.717, 1.165) is 36.2 Å². The van der Waals surface area contributed by atoms with Crippen LogP contribution in [0, 0.1) is 16.0 Å². The van der Waals surface area contributed by atoms with Crippen molar-refractivity contribution in [2.45, 2.75) is 38.0 Å². The van der Waals surface area contributed by atoms with Crippen LogP contribution in [0.5, 0.6) is 0 Å². The Morgan fingerprint density at radius 1 is 1.00 bits per heavy atom. The molecular formula is C26H25N3O4. The quantitative estimate of drug-likeness (QED) is 0.354. The molecular weight excluding hydrogens is 418 g/mol. The van der Waals surface area contributed by atoms with Crippen molar-refractivity contribution in [2.75, 3.05) is 5.06 Å². The molecule has 168 valence electrons. The van der Waals surface area contributed by atoms with Crippen molar-refractivity contribution in [3.8, 4) is 0 Å². The molecule has 3 aromatic carbocycles. The zero-order valence-electron chi connectivity index (χ0n) is 18.1. The highest BCUT2D eigenvalue weighted by molar-refractivity contribution is 5.89. The number of nitro benzene ring substituents is 1. The largest absolute Gasteiger partial charge is 0.391 e. The van der Waals surface area contributed by atoms with Crippen LogP contribution in [-0.2, 0) is 16.3 Å². The molecule has 0 amide bonds. The van der Waals surface area contributed by atoms with Gasteiger partial charge in [-0.2, -0.15) is 0 Å². The maximum Gasteiger partial charge on any atom is 0.269 e. The minimum atomic E-state index is -0.407. The molecule has 5 rings (SSSR count). The zero-order chi connectivity index (χ0) is 22.6. The van der Waals surface area contributed by atoms with Crippen molar-refractivity contribution in [1.29, 1.82) is 0 Å². The fourth-order valence-corrected chi connectivity index (χ4v) is 4.71. The van der Waals surface area contributed by atoms with Gasteiger partial charge in [0.05, 0.1) is 34.4 Å². The lowest BCUT2D eigenvalue weighted by molar-refractivity contribution is -0.384. The van der Waals surface area contributed by atoms with Gasteiger partial charge in [-0.05, 0) is 54.7 Å². The molecule has 1 aliphatic heterocycles. The molecule has 1 heterocycles. The van der Waals surface area contributed by atoms with E-state index in [2.05, 4.69) is 41.6 Å². The first-order valence-electron chi connectivity index (χ1n) is 11.2. The van der Waals surface area contributed by atoms with Gasteiger partial charge < -0.3 is 4.84 Å². The minimum Gasteiger partial charge on any atom is -0.391 e. The van der Waals surface area contributed by atoms with Gasteiger partial charge in [0, 0.05) is 12.1 Å². The van der Waals surface area contributed by atoms with Crippen LogP contribution in [0.2, 0.25) is 0 Å². The van der Waals surface area contributed by atoms with Crippen LogP contribution in [0.15, 0.2) is 90.1 Å². The lowest BCUT2D eigenvalue weighted by atomic mass is 9.78. The van der Waals surface area contributed by atoms with Gasteiger partial charge in [-0.25, -0.2) is 5.06 Å². The number of hydrogen-bond acceptors (Lipinski definition) is 6. The summed E-state index contributed by atoms with van der Waals surface area (Å²) in [5.74, 6) is 0.0817. The summed E-state index contributed by atoms with van der Waals surface area (Å²) < 4.78 is 0. The van der Waals surface area contributed by atoms with E-state index in [1.54, 1.807) is 12.1 Å². The molecule has 1 aliphatic carbocycles. The summed E-state index contributed by atoms with van der Waals surface area (Å²) in [6.45, 7) is 0.262. The summed E-state index contributed by atoms with van der Waals surface area (Å²) in [6, 6.07) is 26.9. The second-order valence-electron chi connectivity index (χ2n) is 8.36. The van der Waals surface area contributed by atoms with Crippen molar-refractivity contribution < 1.29 is 14.6 Å². The van der Waals surface area contributed by atoms with Gasteiger partial charge in [-0.3, -0.25) is 15.0 Å². The van der Waals surface area contributed by atoms with Crippen LogP contribution in [-0.4, -0.2) is 16.7 Å². The average Bonchev–Trinajstić information content (AvgIpc) is 3.26. The highest BCUT2D eigenvalue weighted by Crippen LogP contribution is 2.47. The van der Waals surface area contributed by atoms with Crippen molar-refractivity contribution in [2.24, 2.45) is 11.1 Å². The number of anilines is 1. The first-order valence-corrected chi connectivity index (χ1v) is 11.2. The molecule has 0 unspecified atom stereocenters. The number of non-ortho nitro benzene ring substituents is 1. The second-order valence-corrected chi connectivity index (χ2v) is 8.36. The van der Waals surface area contributed by atoms with Gasteiger partial charge in [0.15, 0.2) is 0 Å². The van der Waals surface area contributed by atoms with Crippen LogP contribution in [0.1, 0.15) is 36.4 Å². The molecule has 2 fully saturated rings. The molecule has 0 bridgehead atoms. The molecule has 0 spiro atoms. The predicted molar refractivity (Wildman–Crippen MR) is 126 cm³/mol. The summed E-state index contributed by atoms with van der Waals surface area (Å²) in [6.07, 6.45) is 2.85. The second kappa shape index (κ2) is 9.42. The predicted octanol–water partition coefficient (Wildman–Crippen LogP) is 5.83. The topological polar surface area (TPSA) is 77.2 Å². The maximum atomic E-state index is 10.9. The Labute approximate surface area is 192 Å². The molecule has 33 heavy (non-hydrogen) atoms. The fraction of sp³-hybridized carbons (Fsp3) is 0.269. The van der Waals surface area contributed by atoms with E-state index in [0.29, 0.717) is 0 Å². The molecule has 3 aromatic rings. The van der Waals surface area contributed by atoms with E-state index in [4.69, 9.17) is 9.68 Å². The van der Waals surface area contributed by atoms with Crippen LogP contribution >= 0.6 is 0 Å². The first kappa shape index (κ1) is 21.2. The molecule has 7 nitrogen and oxygen atoms in total. The number of nitro groups is 1. The van der Waals surface area contributed by atoms with Crippen LogP contribution in [0.25, 0.3) is 0 Å². The Bertz CT molecular complexity index is 1120. The minimum absolute atomic E-state index is 0.000579. The Morgan fingerprint density at radius 2 is 1.70 bits per heavy atom. The van der Waals surface area contributed by atoms with Gasteiger partial charge in [0.1, 0.15) is 6.61 Å². The Hall–Kier alpha value is -3.71. The standard InChI is InChI=1S/C26H25N3O4/c30-29(31)22-16-14-19(15-17-22)18-32-27-23-12-7-13-24-25(23)26(20-8-3-1-4-9-20)28(33-24)21-10-5-2-6-11-21/h1-6,8-11,14-17,24-26H,7,12-13,18H2/b27-23-/t24-,25+,26-/m1/s1. The number of oxime groups is 1. The zero-order valence-corrected chi connectivity index (χ0v) is 18.1. The molecule has 0 N–H and O–H groups in total. The lowest BCUT2D eigenvalue weighted by Crippen LogP contribution is -2.33. The number of hydrogen-bond donors (Lipinski definition) is 0. The van der Waals surface area contributed by atoms with Gasteiger partial charge in [-0.15, -0.1) is 0 Å². The Balaban J connectivity index is 1.40. The highest BCUT2D eigenvalue weighted by Gasteiger charge is 2.48. The smallest absolute Gasteiger partial charge is 0.269 e. The van der Waals surface area contributed by atoms with Crippen LogP contribution in [0.3, 0.4) is 0 Å². The Morgan fingerprint density at radius 3 is 2.39 bits per heavy atom. The van der Waals surface area contributed by atoms with E-state index >= 15 is 0 Å². The number of nitrogens with zero attached hydrogens (tertiary/aromatic N) is 3. The van der Waals surface area contributed by atoms with Gasteiger partial charge >= 0.3 is 0 Å². The van der Waals surface area contributed by atoms with Crippen LogP contribution < -0.4 is 5.06 Å². The van der Waals surface area contributed by atoms with Crippen molar-refractivity contribution in [3.05, 3.63) is 106 Å². The van der Waals surface area contributed by atoms with Gasteiger partial charge in [0.25, 0.3) is 5.69 Å². The molecule has 0 aromatic heterocycles. The maximum absolute atomic E-state index is 10.9. The summed E-state index contributed by atoms with van der Waals surface area (Å²) in [5.41, 5.74) is 4.10. The van der Waals surface area contributed by atoms with Crippen LogP contribution in [0.4, 0.5) is 11.4 Å². The monoisotopic (exact) mass is 443 g/mol. The van der Waals surface area contributed by atoms with Gasteiger partial charge in [-0.1, -0.05) is 53.7 Å². The molecule has 0 radical (unpaired) electrons. The summed E-state index contributed by atoms with van der Waals surface area (Å²) in [5, 5.41) is 17.4. The SMILES string of the molecule is O=[N+]([O-])c1ccc(CO/N=C2/CCC[C@H]3ON(c4ccccc4)[C@H](c4ccccc4)[C@@H]23)cc1. The van der Waals surface area contributed by atoms with Crippen molar-refractivity contribution in [1.82, 2.24) is 0 Å². The van der Waals surface area contributed by atoms with E-state index in [9.17, 15) is 10.1 Å². The third-order valence-corrected chi connectivity index (χ3v) is 6.26. The van der Waals surface area contributed by atoms with Crippen molar-refractivity contribution in [3.63, 3.8) is 0 Å². The molecule has 7 heteroatoms. The normalized spacial score (nSPS) is 23.3. The third-order valence-electron chi connectivity index (χ3n) is 6.26. The van der Waals surface area contributed by atoms with E-state index in [1.807, 2.05) is 29.3 Å². The molecule has 2 aliphatic rings. The van der Waals surface area contributed by atoms with E-state index < -0.39 is 4.92 Å². The lowest BCUT2D eigenvalue weighted by Gasteiger charge is -2.29. The number of benzene rings is 3. The third kappa shape index (κ3) is 4.45. The Kier molecular flexibility index (Phi) is 6.04.